The third-order valence-corrected chi connectivity index (χ3v) is 5.86. The number of hydrogen-bond donors (Lipinski definition) is 2. The molecule has 0 saturated heterocycles. The number of para-hydroxylation sites is 1. The number of aromatic nitrogens is 2. The first-order valence-electron chi connectivity index (χ1n) is 8.65. The lowest BCUT2D eigenvalue weighted by Crippen LogP contribution is -2.25. The highest BCUT2D eigenvalue weighted by atomic mass is 32.1. The lowest BCUT2D eigenvalue weighted by molar-refractivity contribution is -0.140. The Bertz CT molecular complexity index is 1180. The van der Waals surface area contributed by atoms with Gasteiger partial charge in [-0.3, -0.25) is 4.79 Å². The Labute approximate surface area is 162 Å². The van der Waals surface area contributed by atoms with E-state index in [1.807, 2.05) is 30.5 Å². The summed E-state index contributed by atoms with van der Waals surface area (Å²) in [5, 5.41) is 4.54. The van der Waals surface area contributed by atoms with Gasteiger partial charge in [0.25, 0.3) is 5.91 Å². The van der Waals surface area contributed by atoms with Gasteiger partial charge in [-0.2, -0.15) is 13.2 Å². The number of aromatic amines is 1. The summed E-state index contributed by atoms with van der Waals surface area (Å²) in [6.45, 7) is 2.15. The van der Waals surface area contributed by atoms with Crippen molar-refractivity contribution in [3.8, 4) is 0 Å². The number of carbonyl (C=O) groups excluding carboxylic acids is 1. The van der Waals surface area contributed by atoms with E-state index in [-0.39, 0.29) is 10.7 Å². The summed E-state index contributed by atoms with van der Waals surface area (Å²) >= 11 is 0.983. The molecule has 0 saturated carbocycles. The van der Waals surface area contributed by atoms with E-state index in [9.17, 15) is 18.0 Å². The summed E-state index contributed by atoms with van der Waals surface area (Å²) in [6, 6.07) is 10.2. The number of carbonyl (C=O) groups is 1. The summed E-state index contributed by atoms with van der Waals surface area (Å²) in [5.41, 5.74) is 1.83. The van der Waals surface area contributed by atoms with Crippen LogP contribution in [0.3, 0.4) is 0 Å². The van der Waals surface area contributed by atoms with Crippen LogP contribution in [0.5, 0.6) is 0 Å². The highest BCUT2D eigenvalue weighted by molar-refractivity contribution is 7.20. The van der Waals surface area contributed by atoms with Gasteiger partial charge in [-0.15, -0.1) is 11.3 Å². The predicted molar refractivity (Wildman–Crippen MR) is 104 cm³/mol. The van der Waals surface area contributed by atoms with Gasteiger partial charge < -0.3 is 10.3 Å². The molecule has 0 fully saturated rings. The molecule has 3 heterocycles. The number of pyridine rings is 1. The topological polar surface area (TPSA) is 57.8 Å². The molecule has 4 nitrogen and oxygen atoms in total. The van der Waals surface area contributed by atoms with Gasteiger partial charge in [-0.1, -0.05) is 18.2 Å². The molecule has 0 aliphatic heterocycles. The van der Waals surface area contributed by atoms with Gasteiger partial charge in [0.2, 0.25) is 0 Å². The molecule has 144 valence electrons. The molecule has 0 unspecified atom stereocenters. The van der Waals surface area contributed by atoms with E-state index >= 15 is 0 Å². The van der Waals surface area contributed by atoms with Crippen LogP contribution in [-0.2, 0) is 12.6 Å². The number of H-pyrrole nitrogens is 1. The SMILES string of the molecule is Cc1c(C(=O)NCCc2c[nH]c3ccccc23)sc2nc(C(F)(F)F)ccc12. The van der Waals surface area contributed by atoms with Crippen molar-refractivity contribution in [3.63, 3.8) is 0 Å². The maximum atomic E-state index is 12.9. The molecular weight excluding hydrogens is 387 g/mol. The number of benzene rings is 1. The highest BCUT2D eigenvalue weighted by Gasteiger charge is 2.33. The molecule has 0 radical (unpaired) electrons. The van der Waals surface area contributed by atoms with Crippen molar-refractivity contribution in [3.05, 3.63) is 64.3 Å². The van der Waals surface area contributed by atoms with E-state index in [0.717, 1.165) is 33.9 Å². The van der Waals surface area contributed by atoms with Crippen LogP contribution in [0, 0.1) is 6.92 Å². The minimum atomic E-state index is -4.51. The van der Waals surface area contributed by atoms with Crippen LogP contribution in [0.2, 0.25) is 0 Å². The van der Waals surface area contributed by atoms with Crippen molar-refractivity contribution >= 4 is 38.4 Å². The normalized spacial score (nSPS) is 12.0. The Balaban J connectivity index is 1.50. The molecule has 8 heteroatoms. The Hall–Kier alpha value is -2.87. The molecular formula is C20H16F3N3OS. The lowest BCUT2D eigenvalue weighted by Gasteiger charge is -2.04. The molecule has 0 atom stereocenters. The molecule has 0 aliphatic rings. The van der Waals surface area contributed by atoms with Crippen LogP contribution in [0.1, 0.15) is 26.5 Å². The van der Waals surface area contributed by atoms with Crippen molar-refractivity contribution < 1.29 is 18.0 Å². The first-order valence-corrected chi connectivity index (χ1v) is 9.47. The summed E-state index contributed by atoms with van der Waals surface area (Å²) in [7, 11) is 0. The third-order valence-electron chi connectivity index (χ3n) is 4.66. The number of nitrogens with one attached hydrogen (secondary N) is 2. The Morgan fingerprint density at radius 2 is 1.96 bits per heavy atom. The molecule has 2 N–H and O–H groups in total. The van der Waals surface area contributed by atoms with Gasteiger partial charge >= 0.3 is 6.18 Å². The summed E-state index contributed by atoms with van der Waals surface area (Å²) in [5.74, 6) is -0.297. The molecule has 0 bridgehead atoms. The number of amides is 1. The Morgan fingerprint density at radius 1 is 1.18 bits per heavy atom. The van der Waals surface area contributed by atoms with Gasteiger partial charge in [0.1, 0.15) is 10.5 Å². The number of rotatable bonds is 4. The molecule has 4 aromatic rings. The molecule has 0 aliphatic carbocycles. The molecule has 0 spiro atoms. The van der Waals surface area contributed by atoms with Crippen LogP contribution >= 0.6 is 11.3 Å². The summed E-state index contributed by atoms with van der Waals surface area (Å²) in [4.78, 5) is 20.0. The second-order valence-corrected chi connectivity index (χ2v) is 7.47. The van der Waals surface area contributed by atoms with Crippen molar-refractivity contribution in [1.82, 2.24) is 15.3 Å². The predicted octanol–water partition coefficient (Wildman–Crippen LogP) is 5.08. The number of aryl methyl sites for hydroxylation is 1. The second kappa shape index (κ2) is 6.94. The average Bonchev–Trinajstić information content (AvgIpc) is 3.22. The van der Waals surface area contributed by atoms with Gasteiger partial charge in [-0.25, -0.2) is 4.98 Å². The zero-order valence-electron chi connectivity index (χ0n) is 14.9. The van der Waals surface area contributed by atoms with E-state index in [1.165, 1.54) is 6.07 Å². The van der Waals surface area contributed by atoms with Crippen molar-refractivity contribution in [2.24, 2.45) is 0 Å². The van der Waals surface area contributed by atoms with E-state index in [0.29, 0.717) is 28.8 Å². The van der Waals surface area contributed by atoms with E-state index in [1.54, 1.807) is 6.92 Å². The van der Waals surface area contributed by atoms with Gasteiger partial charge in [-0.05, 0) is 42.7 Å². The standard InChI is InChI=1S/C20H16F3N3OS/c1-11-13-6-7-16(20(21,22)23)26-19(13)28-17(11)18(27)24-9-8-12-10-25-15-5-3-2-4-14(12)15/h2-7,10,25H,8-9H2,1H3,(H,24,27). The lowest BCUT2D eigenvalue weighted by atomic mass is 10.1. The largest absolute Gasteiger partial charge is 0.433 e. The van der Waals surface area contributed by atoms with Crippen LogP contribution in [0.15, 0.2) is 42.6 Å². The van der Waals surface area contributed by atoms with Crippen molar-refractivity contribution in [2.75, 3.05) is 6.54 Å². The van der Waals surface area contributed by atoms with Gasteiger partial charge in [0.15, 0.2) is 0 Å². The van der Waals surface area contributed by atoms with Crippen molar-refractivity contribution in [1.29, 1.82) is 0 Å². The third kappa shape index (κ3) is 3.35. The van der Waals surface area contributed by atoms with Crippen LogP contribution in [-0.4, -0.2) is 22.4 Å². The Kier molecular flexibility index (Phi) is 4.58. The van der Waals surface area contributed by atoms with Crippen molar-refractivity contribution in [2.45, 2.75) is 19.5 Å². The number of fused-ring (bicyclic) bond motifs is 2. The van der Waals surface area contributed by atoms with Crippen LogP contribution in [0.4, 0.5) is 13.2 Å². The van der Waals surface area contributed by atoms with Crippen LogP contribution < -0.4 is 5.32 Å². The number of nitrogens with zero attached hydrogens (tertiary/aromatic N) is 1. The van der Waals surface area contributed by atoms with Crippen LogP contribution in [0.25, 0.3) is 21.1 Å². The van der Waals surface area contributed by atoms with Gasteiger partial charge in [0, 0.05) is 29.0 Å². The monoisotopic (exact) mass is 403 g/mol. The number of halogens is 3. The van der Waals surface area contributed by atoms with E-state index in [4.69, 9.17) is 0 Å². The molecule has 1 amide bonds. The first kappa shape index (κ1) is 18.5. The molecule has 4 rings (SSSR count). The number of alkyl halides is 3. The fourth-order valence-electron chi connectivity index (χ4n) is 3.20. The zero-order valence-corrected chi connectivity index (χ0v) is 15.7. The summed E-state index contributed by atoms with van der Waals surface area (Å²) in [6.07, 6.45) is -1.94. The minimum Gasteiger partial charge on any atom is -0.361 e. The Morgan fingerprint density at radius 3 is 2.75 bits per heavy atom. The number of thiophene rings is 1. The maximum Gasteiger partial charge on any atom is 0.433 e. The fourth-order valence-corrected chi connectivity index (χ4v) is 4.30. The van der Waals surface area contributed by atoms with E-state index < -0.39 is 11.9 Å². The molecule has 1 aromatic carbocycles. The smallest absolute Gasteiger partial charge is 0.361 e. The maximum absolute atomic E-state index is 12.9. The van der Waals surface area contributed by atoms with Gasteiger partial charge in [0.05, 0.1) is 4.88 Å². The fraction of sp³-hybridized carbons (Fsp3) is 0.200. The van der Waals surface area contributed by atoms with E-state index in [2.05, 4.69) is 15.3 Å². The minimum absolute atomic E-state index is 0.217. The quantitative estimate of drug-likeness (QED) is 0.499. The second-order valence-electron chi connectivity index (χ2n) is 6.47. The highest BCUT2D eigenvalue weighted by Crippen LogP contribution is 2.34. The average molecular weight is 403 g/mol. The molecule has 28 heavy (non-hydrogen) atoms. The summed E-state index contributed by atoms with van der Waals surface area (Å²) < 4.78 is 38.6. The first-order chi connectivity index (χ1) is 13.3. The zero-order chi connectivity index (χ0) is 19.9. The molecule has 3 aromatic heterocycles. The number of hydrogen-bond acceptors (Lipinski definition) is 3.